The minimum Gasteiger partial charge on any atom is -0.490 e. The average Bonchev–Trinajstić information content (AvgIpc) is 2.80. The van der Waals surface area contributed by atoms with Gasteiger partial charge < -0.3 is 24.8 Å². The largest absolute Gasteiger partial charge is 0.490 e. The number of benzene rings is 2. The molecule has 12 heteroatoms. The van der Waals surface area contributed by atoms with Crippen molar-refractivity contribution in [2.24, 2.45) is 0 Å². The Morgan fingerprint density at radius 2 is 1.76 bits per heavy atom. The number of nitrogens with one attached hydrogen (secondary N) is 3. The van der Waals surface area contributed by atoms with Crippen LogP contribution >= 0.6 is 0 Å². The number of urea groups is 1. The third-order valence-electron chi connectivity index (χ3n) is 7.02. The van der Waals surface area contributed by atoms with Gasteiger partial charge in [-0.1, -0.05) is 18.2 Å². The molecule has 2 saturated heterocycles. The Morgan fingerprint density at radius 3 is 2.39 bits per heavy atom. The highest BCUT2D eigenvalue weighted by molar-refractivity contribution is 5.89. The molecule has 2 amide bonds. The number of hydrogen-bond donors (Lipinski definition) is 3. The summed E-state index contributed by atoms with van der Waals surface area (Å²) >= 11 is 0. The molecule has 38 heavy (non-hydrogen) atoms. The Morgan fingerprint density at radius 1 is 1.05 bits per heavy atom. The predicted molar refractivity (Wildman–Crippen MR) is 127 cm³/mol. The maximum absolute atomic E-state index is 13.9. The number of ether oxygens (including phenoxy) is 3. The number of para-hydroxylation sites is 1. The van der Waals surface area contributed by atoms with Crippen molar-refractivity contribution in [1.29, 1.82) is 0 Å². The van der Waals surface area contributed by atoms with E-state index in [4.69, 9.17) is 14.2 Å². The second kappa shape index (κ2) is 10.2. The van der Waals surface area contributed by atoms with Crippen molar-refractivity contribution in [2.45, 2.75) is 68.2 Å². The fourth-order valence-electron chi connectivity index (χ4n) is 4.90. The minimum absolute atomic E-state index is 0.00347. The van der Waals surface area contributed by atoms with Gasteiger partial charge in [0.15, 0.2) is 11.8 Å². The SMILES string of the molecule is O=C(Nc1ccc(OC2CC(F)(F)C2)cc1)NC1CCCNC1Oc1ccccc1C1(C(F)(F)F)CCO1. The topological polar surface area (TPSA) is 80.9 Å². The number of halogens is 5. The van der Waals surface area contributed by atoms with Crippen molar-refractivity contribution in [1.82, 2.24) is 10.6 Å². The summed E-state index contributed by atoms with van der Waals surface area (Å²) < 4.78 is 84.2. The molecule has 1 saturated carbocycles. The molecule has 5 rings (SSSR count). The van der Waals surface area contributed by atoms with Crippen LogP contribution in [0.4, 0.5) is 32.4 Å². The maximum Gasteiger partial charge on any atom is 0.421 e. The van der Waals surface area contributed by atoms with Crippen molar-refractivity contribution >= 4 is 11.7 Å². The molecule has 2 heterocycles. The quantitative estimate of drug-likeness (QED) is 0.414. The molecule has 7 nitrogen and oxygen atoms in total. The molecule has 2 aromatic rings. The van der Waals surface area contributed by atoms with Gasteiger partial charge in [-0.15, -0.1) is 0 Å². The first-order chi connectivity index (χ1) is 18.0. The number of piperidine rings is 1. The van der Waals surface area contributed by atoms with Crippen LogP contribution in [0.25, 0.3) is 0 Å². The number of hydrogen-bond acceptors (Lipinski definition) is 5. The molecular weight excluding hydrogens is 513 g/mol. The molecule has 3 N–H and O–H groups in total. The zero-order chi connectivity index (χ0) is 27.0. The highest BCUT2D eigenvalue weighted by Crippen LogP contribution is 2.52. The first kappa shape index (κ1) is 26.5. The fraction of sp³-hybridized carbons (Fsp3) is 0.500. The van der Waals surface area contributed by atoms with Crippen molar-refractivity contribution in [3.8, 4) is 11.5 Å². The Kier molecular flexibility index (Phi) is 7.12. The van der Waals surface area contributed by atoms with E-state index in [0.717, 1.165) is 6.42 Å². The zero-order valence-corrected chi connectivity index (χ0v) is 20.3. The summed E-state index contributed by atoms with van der Waals surface area (Å²) in [7, 11) is 0. The van der Waals surface area contributed by atoms with Crippen LogP contribution in [-0.2, 0) is 10.3 Å². The molecule has 2 aliphatic heterocycles. The van der Waals surface area contributed by atoms with Crippen LogP contribution in [0, 0.1) is 0 Å². The van der Waals surface area contributed by atoms with Gasteiger partial charge in [0.05, 0.1) is 12.6 Å². The molecule has 0 radical (unpaired) electrons. The lowest BCUT2D eigenvalue weighted by Crippen LogP contribution is -2.57. The van der Waals surface area contributed by atoms with Crippen LogP contribution in [0.15, 0.2) is 48.5 Å². The van der Waals surface area contributed by atoms with Crippen LogP contribution in [0.5, 0.6) is 11.5 Å². The first-order valence-electron chi connectivity index (χ1n) is 12.5. The number of rotatable bonds is 7. The van der Waals surface area contributed by atoms with Crippen molar-refractivity contribution in [3.63, 3.8) is 0 Å². The van der Waals surface area contributed by atoms with E-state index >= 15 is 0 Å². The van der Waals surface area contributed by atoms with Gasteiger partial charge in [0, 0.05) is 30.5 Å². The average molecular weight is 542 g/mol. The Bertz CT molecular complexity index is 1130. The second-order valence-corrected chi connectivity index (χ2v) is 9.79. The fourth-order valence-corrected chi connectivity index (χ4v) is 4.90. The van der Waals surface area contributed by atoms with Crippen LogP contribution in [-0.4, -0.2) is 49.7 Å². The first-order valence-corrected chi connectivity index (χ1v) is 12.5. The predicted octanol–water partition coefficient (Wildman–Crippen LogP) is 5.32. The summed E-state index contributed by atoms with van der Waals surface area (Å²) in [5, 5.41) is 8.64. The maximum atomic E-state index is 13.9. The van der Waals surface area contributed by atoms with E-state index in [1.54, 1.807) is 30.3 Å². The molecule has 206 valence electrons. The Balaban J connectivity index is 1.20. The highest BCUT2D eigenvalue weighted by atomic mass is 19.4. The molecule has 3 unspecified atom stereocenters. The van der Waals surface area contributed by atoms with Gasteiger partial charge in [0.2, 0.25) is 0 Å². The van der Waals surface area contributed by atoms with Gasteiger partial charge in [0.25, 0.3) is 5.92 Å². The lowest BCUT2D eigenvalue weighted by atomic mass is 9.85. The summed E-state index contributed by atoms with van der Waals surface area (Å²) in [4.78, 5) is 12.7. The molecular formula is C26H28F5N3O4. The molecule has 1 aliphatic carbocycles. The van der Waals surface area contributed by atoms with Gasteiger partial charge in [-0.2, -0.15) is 13.2 Å². The van der Waals surface area contributed by atoms with Crippen molar-refractivity contribution in [3.05, 3.63) is 54.1 Å². The van der Waals surface area contributed by atoms with E-state index in [0.29, 0.717) is 24.4 Å². The standard InChI is InChI=1S/C26H28F5N3O4/c27-24(28)14-18(15-24)37-17-9-7-16(8-10-17)33-23(35)34-20-5-3-12-32-22(20)38-21-6-2-1-4-19(21)25(11-13-36-25)26(29,30)31/h1-2,4,6-10,18,20,22,32H,3,5,11-15H2,(H2,33,34,35). The van der Waals surface area contributed by atoms with E-state index in [1.165, 1.54) is 18.2 Å². The van der Waals surface area contributed by atoms with Crippen LogP contribution in [0.3, 0.4) is 0 Å². The van der Waals surface area contributed by atoms with Crippen LogP contribution in [0.2, 0.25) is 0 Å². The third-order valence-corrected chi connectivity index (χ3v) is 7.02. The van der Waals surface area contributed by atoms with E-state index in [9.17, 15) is 26.7 Å². The molecule has 3 atom stereocenters. The summed E-state index contributed by atoms with van der Waals surface area (Å²) in [6, 6.07) is 11.2. The zero-order valence-electron chi connectivity index (χ0n) is 20.3. The molecule has 0 spiro atoms. The van der Waals surface area contributed by atoms with E-state index < -0.39 is 42.1 Å². The third kappa shape index (κ3) is 5.51. The second-order valence-electron chi connectivity index (χ2n) is 9.79. The van der Waals surface area contributed by atoms with E-state index in [2.05, 4.69) is 16.0 Å². The van der Waals surface area contributed by atoms with Gasteiger partial charge in [-0.05, 0) is 49.7 Å². The van der Waals surface area contributed by atoms with E-state index in [1.807, 2.05) is 0 Å². The highest BCUT2D eigenvalue weighted by Gasteiger charge is 2.62. The summed E-state index contributed by atoms with van der Waals surface area (Å²) in [6.07, 6.45) is -5.46. The summed E-state index contributed by atoms with van der Waals surface area (Å²) in [5.41, 5.74) is -2.05. The molecule has 0 bridgehead atoms. The molecule has 3 aliphatic rings. The number of amides is 2. The molecule has 2 aromatic carbocycles. The number of carbonyl (C=O) groups excluding carboxylic acids is 1. The van der Waals surface area contributed by atoms with Crippen molar-refractivity contribution < 1.29 is 41.0 Å². The monoisotopic (exact) mass is 541 g/mol. The lowest BCUT2D eigenvalue weighted by molar-refractivity contribution is -0.334. The van der Waals surface area contributed by atoms with Crippen LogP contribution < -0.4 is 25.4 Å². The van der Waals surface area contributed by atoms with Crippen LogP contribution in [0.1, 0.15) is 37.7 Å². The normalized spacial score (nSPS) is 27.0. The minimum atomic E-state index is -4.61. The summed E-state index contributed by atoms with van der Waals surface area (Å²) in [6.45, 7) is 0.575. The summed E-state index contributed by atoms with van der Waals surface area (Å²) in [5.74, 6) is -2.21. The van der Waals surface area contributed by atoms with Gasteiger partial charge in [-0.3, -0.25) is 5.32 Å². The number of anilines is 1. The van der Waals surface area contributed by atoms with Gasteiger partial charge in [0.1, 0.15) is 17.6 Å². The van der Waals surface area contributed by atoms with Crippen molar-refractivity contribution in [2.75, 3.05) is 18.5 Å². The van der Waals surface area contributed by atoms with E-state index in [-0.39, 0.29) is 37.2 Å². The smallest absolute Gasteiger partial charge is 0.421 e. The molecule has 0 aromatic heterocycles. The lowest BCUT2D eigenvalue weighted by Gasteiger charge is -2.44. The Hall–Kier alpha value is -3.12. The van der Waals surface area contributed by atoms with Gasteiger partial charge >= 0.3 is 12.2 Å². The Labute approximate surface area is 216 Å². The van der Waals surface area contributed by atoms with Gasteiger partial charge in [-0.25, -0.2) is 13.6 Å². The number of carbonyl (C=O) groups is 1. The molecule has 3 fully saturated rings. The number of alkyl halides is 5.